The van der Waals surface area contributed by atoms with Crippen LogP contribution >= 0.6 is 22.9 Å². The molecule has 0 aliphatic carbocycles. The van der Waals surface area contributed by atoms with Crippen LogP contribution in [0.25, 0.3) is 10.9 Å². The second-order valence-electron chi connectivity index (χ2n) is 5.38. The van der Waals surface area contributed by atoms with E-state index in [0.717, 1.165) is 17.4 Å². The number of nitrogens with one attached hydrogen (secondary N) is 1. The van der Waals surface area contributed by atoms with Crippen LogP contribution in [0.4, 0.5) is 0 Å². The summed E-state index contributed by atoms with van der Waals surface area (Å²) in [5.74, 6) is 0. The van der Waals surface area contributed by atoms with Gasteiger partial charge in [0.1, 0.15) is 0 Å². The van der Waals surface area contributed by atoms with Crippen molar-refractivity contribution in [1.29, 1.82) is 0 Å². The lowest BCUT2D eigenvalue weighted by molar-refractivity contribution is 0.810. The number of hydrogen-bond acceptors (Lipinski definition) is 2. The smallest absolute Gasteiger partial charge is 0.0931 e. The first kappa shape index (κ1) is 14.6. The van der Waals surface area contributed by atoms with Crippen LogP contribution in [0, 0.1) is 13.8 Å². The zero-order chi connectivity index (χ0) is 15.0. The molecule has 0 saturated carbocycles. The number of hydrogen-bond donors (Lipinski definition) is 1. The molecule has 2 aromatic heterocycles. The van der Waals surface area contributed by atoms with Gasteiger partial charge in [-0.15, -0.1) is 11.3 Å². The summed E-state index contributed by atoms with van der Waals surface area (Å²) in [6.07, 6.45) is 0. The topological polar surface area (TPSA) is 17.0 Å². The van der Waals surface area contributed by atoms with Crippen molar-refractivity contribution < 1.29 is 0 Å². The fourth-order valence-corrected chi connectivity index (χ4v) is 3.88. The Balaban J connectivity index is 2.07. The summed E-state index contributed by atoms with van der Waals surface area (Å²) in [6, 6.07) is 10.8. The molecule has 2 nitrogen and oxygen atoms in total. The van der Waals surface area contributed by atoms with E-state index in [1.165, 1.54) is 32.6 Å². The number of rotatable bonds is 4. The van der Waals surface area contributed by atoms with Gasteiger partial charge in [0, 0.05) is 28.0 Å². The summed E-state index contributed by atoms with van der Waals surface area (Å²) in [6.45, 7) is 6.19. The first-order valence-corrected chi connectivity index (χ1v) is 8.26. The average Bonchev–Trinajstić information content (AvgIpc) is 2.97. The highest BCUT2D eigenvalue weighted by Gasteiger charge is 2.12. The molecule has 0 saturated heterocycles. The molecule has 21 heavy (non-hydrogen) atoms. The summed E-state index contributed by atoms with van der Waals surface area (Å²) in [4.78, 5) is 1.29. The quantitative estimate of drug-likeness (QED) is 0.735. The fraction of sp³-hybridized carbons (Fsp3) is 0.294. The van der Waals surface area contributed by atoms with Gasteiger partial charge >= 0.3 is 0 Å². The Labute approximate surface area is 134 Å². The molecule has 0 aliphatic heterocycles. The van der Waals surface area contributed by atoms with Gasteiger partial charge in [0.25, 0.3) is 0 Å². The molecule has 0 fully saturated rings. The van der Waals surface area contributed by atoms with Gasteiger partial charge in [-0.25, -0.2) is 0 Å². The van der Waals surface area contributed by atoms with Gasteiger partial charge in [0.05, 0.1) is 10.9 Å². The van der Waals surface area contributed by atoms with Crippen LogP contribution in [-0.4, -0.2) is 11.6 Å². The van der Waals surface area contributed by atoms with Crippen LogP contribution in [0.2, 0.25) is 4.34 Å². The normalized spacial score (nSPS) is 11.4. The molecule has 0 radical (unpaired) electrons. The molecule has 0 bridgehead atoms. The van der Waals surface area contributed by atoms with E-state index < -0.39 is 0 Å². The molecule has 0 spiro atoms. The Morgan fingerprint density at radius 2 is 2.00 bits per heavy atom. The molecule has 1 aromatic carbocycles. The molecule has 3 aromatic rings. The Morgan fingerprint density at radius 3 is 2.67 bits per heavy atom. The van der Waals surface area contributed by atoms with Crippen molar-refractivity contribution in [2.45, 2.75) is 26.9 Å². The maximum atomic E-state index is 6.05. The fourth-order valence-electron chi connectivity index (χ4n) is 2.81. The summed E-state index contributed by atoms with van der Waals surface area (Å²) in [7, 11) is 1.98. The molecule has 0 amide bonds. The third kappa shape index (κ3) is 2.73. The molecule has 0 atom stereocenters. The van der Waals surface area contributed by atoms with Crippen molar-refractivity contribution in [3.05, 3.63) is 56.4 Å². The SMILES string of the molecule is CNCc1ccc2c(c1)c(C)c(C)n2Cc1ccc(Cl)s1. The number of halogens is 1. The molecule has 0 aliphatic rings. The van der Waals surface area contributed by atoms with Crippen LogP contribution in [-0.2, 0) is 13.1 Å². The number of thiophene rings is 1. The Morgan fingerprint density at radius 1 is 1.19 bits per heavy atom. The van der Waals surface area contributed by atoms with Crippen molar-refractivity contribution in [2.75, 3.05) is 7.05 Å². The lowest BCUT2D eigenvalue weighted by atomic mass is 10.1. The first-order chi connectivity index (χ1) is 10.1. The molecule has 1 N–H and O–H groups in total. The van der Waals surface area contributed by atoms with Crippen molar-refractivity contribution in [2.24, 2.45) is 0 Å². The van der Waals surface area contributed by atoms with E-state index >= 15 is 0 Å². The number of aryl methyl sites for hydroxylation is 1. The zero-order valence-electron chi connectivity index (χ0n) is 12.5. The lowest BCUT2D eigenvalue weighted by Crippen LogP contribution is -2.04. The summed E-state index contributed by atoms with van der Waals surface area (Å²) in [5, 5.41) is 4.56. The van der Waals surface area contributed by atoms with Crippen molar-refractivity contribution in [3.8, 4) is 0 Å². The summed E-state index contributed by atoms with van der Waals surface area (Å²) < 4.78 is 3.24. The van der Waals surface area contributed by atoms with Crippen molar-refractivity contribution in [3.63, 3.8) is 0 Å². The van der Waals surface area contributed by atoms with Crippen molar-refractivity contribution in [1.82, 2.24) is 9.88 Å². The highest BCUT2D eigenvalue weighted by molar-refractivity contribution is 7.16. The minimum atomic E-state index is 0.854. The van der Waals surface area contributed by atoms with Crippen LogP contribution < -0.4 is 5.32 Å². The molecule has 0 unspecified atom stereocenters. The third-order valence-electron chi connectivity index (χ3n) is 4.03. The lowest BCUT2D eigenvalue weighted by Gasteiger charge is -2.07. The monoisotopic (exact) mass is 318 g/mol. The van der Waals surface area contributed by atoms with Crippen LogP contribution in [0.1, 0.15) is 21.7 Å². The number of benzene rings is 1. The summed E-state index contributed by atoms with van der Waals surface area (Å²) >= 11 is 7.70. The van der Waals surface area contributed by atoms with Crippen LogP contribution in [0.3, 0.4) is 0 Å². The molecular weight excluding hydrogens is 300 g/mol. The first-order valence-electron chi connectivity index (χ1n) is 7.07. The van der Waals surface area contributed by atoms with E-state index in [2.05, 4.69) is 48.0 Å². The molecule has 2 heterocycles. The second kappa shape index (κ2) is 5.84. The predicted molar refractivity (Wildman–Crippen MR) is 92.6 cm³/mol. The van der Waals surface area contributed by atoms with Gasteiger partial charge in [-0.05, 0) is 56.3 Å². The van der Waals surface area contributed by atoms with Gasteiger partial charge in [-0.2, -0.15) is 0 Å². The van der Waals surface area contributed by atoms with Gasteiger partial charge in [-0.3, -0.25) is 0 Å². The van der Waals surface area contributed by atoms with Gasteiger partial charge in [0.15, 0.2) is 0 Å². The molecule has 3 rings (SSSR count). The number of nitrogens with zero attached hydrogens (tertiary/aromatic N) is 1. The second-order valence-corrected chi connectivity index (χ2v) is 7.18. The van der Waals surface area contributed by atoms with E-state index in [9.17, 15) is 0 Å². The van der Waals surface area contributed by atoms with Crippen molar-refractivity contribution >= 4 is 33.8 Å². The maximum Gasteiger partial charge on any atom is 0.0931 e. The Kier molecular flexibility index (Phi) is 4.07. The molecule has 110 valence electrons. The Bertz CT molecular complexity index is 786. The van der Waals surface area contributed by atoms with E-state index in [4.69, 9.17) is 11.6 Å². The van der Waals surface area contributed by atoms with Crippen LogP contribution in [0.15, 0.2) is 30.3 Å². The summed E-state index contributed by atoms with van der Waals surface area (Å²) in [5.41, 5.74) is 5.32. The highest BCUT2D eigenvalue weighted by Crippen LogP contribution is 2.29. The predicted octanol–water partition coefficient (Wildman–Crippen LogP) is 4.74. The van der Waals surface area contributed by atoms with E-state index in [1.807, 2.05) is 13.1 Å². The van der Waals surface area contributed by atoms with Gasteiger partial charge in [0.2, 0.25) is 0 Å². The molecule has 4 heteroatoms. The minimum absolute atomic E-state index is 0.854. The van der Waals surface area contributed by atoms with E-state index in [-0.39, 0.29) is 0 Å². The van der Waals surface area contributed by atoms with Gasteiger partial charge < -0.3 is 9.88 Å². The van der Waals surface area contributed by atoms with Crippen LogP contribution in [0.5, 0.6) is 0 Å². The largest absolute Gasteiger partial charge is 0.339 e. The minimum Gasteiger partial charge on any atom is -0.339 e. The standard InChI is InChI=1S/C17H19ClN2S/c1-11-12(2)20(10-14-5-7-17(18)21-14)16-6-4-13(9-19-3)8-15(11)16/h4-8,19H,9-10H2,1-3H3. The third-order valence-corrected chi connectivity index (χ3v) is 5.24. The highest BCUT2D eigenvalue weighted by atomic mass is 35.5. The maximum absolute atomic E-state index is 6.05. The van der Waals surface area contributed by atoms with E-state index in [1.54, 1.807) is 11.3 Å². The molecular formula is C17H19ClN2S. The van der Waals surface area contributed by atoms with E-state index in [0.29, 0.717) is 0 Å². The Hall–Kier alpha value is -1.29. The average molecular weight is 319 g/mol. The van der Waals surface area contributed by atoms with Gasteiger partial charge in [-0.1, -0.05) is 17.7 Å². The zero-order valence-corrected chi connectivity index (χ0v) is 14.1. The number of fused-ring (bicyclic) bond motifs is 1. The number of aromatic nitrogens is 1.